The van der Waals surface area contributed by atoms with Gasteiger partial charge in [0, 0.05) is 57.4 Å². The van der Waals surface area contributed by atoms with Crippen LogP contribution in [0.1, 0.15) is 113 Å². The second kappa shape index (κ2) is 13.9. The molecule has 4 aliphatic carbocycles. The van der Waals surface area contributed by atoms with Crippen LogP contribution in [0.5, 0.6) is 0 Å². The van der Waals surface area contributed by atoms with Crippen LogP contribution in [0.4, 0.5) is 0 Å². The predicted octanol–water partition coefficient (Wildman–Crippen LogP) is 26.3. The molecule has 10 heteroatoms. The first-order chi connectivity index (χ1) is 56.5. The summed E-state index contributed by atoms with van der Waals surface area (Å²) in [6, 6.07) is 27.3. The van der Waals surface area contributed by atoms with Gasteiger partial charge in [-0.1, -0.05) is 123 Å². The van der Waals surface area contributed by atoms with Gasteiger partial charge >= 0.3 is 17.1 Å². The first-order valence-corrected chi connectivity index (χ1v) is 42.2. The first-order valence-electron chi connectivity index (χ1n) is 42.2. The maximum atomic E-state index is 5.95. The van der Waals surface area contributed by atoms with E-state index in [1.54, 1.807) is 313 Å². The SMILES string of the molecule is CN1CC23c4c5c6c7c8c9c(c%10c%11c2c2c%12c4c4c%13c5c5c7c7c8c8c%14c9c%10c9c%10c%11c2c2c%11c%12c4c4c%12c%13c5c5c7c7c8c8c%14c9c9c%10c2c2c%11c4c4c%12c5c7c5c8c9c2c45)C63C1c1ccc2c(c1)-c1nc-2nc2[n-]c(nc3nc(nc4[n-]c(n1)c1cccc(C(C)(C)C)c41)-c1cccc(C(C)(C)C)c1-3)c1ccc(C(C)(C)C)cc21.[Cu+2]. The van der Waals surface area contributed by atoms with Gasteiger partial charge in [-0.05, 0) is 392 Å². The fourth-order valence-corrected chi connectivity index (χ4v) is 33.2. The third kappa shape index (κ3) is 3.98. The molecule has 1 fully saturated rings. The minimum Gasteiger partial charge on any atom is -0.357 e. The predicted molar refractivity (Wildman–Crippen MR) is 479 cm³/mol. The summed E-state index contributed by atoms with van der Waals surface area (Å²) in [7, 11) is 2.57. The van der Waals surface area contributed by atoms with Crippen molar-refractivity contribution in [3.05, 3.63) is 117 Å². The van der Waals surface area contributed by atoms with Crippen molar-refractivity contribution in [2.75, 3.05) is 13.6 Å². The van der Waals surface area contributed by atoms with Crippen LogP contribution >= 0.6 is 0 Å². The van der Waals surface area contributed by atoms with Gasteiger partial charge in [0.15, 0.2) is 0 Å². The minimum atomic E-state index is -0.587. The van der Waals surface area contributed by atoms with Crippen LogP contribution in [0.3, 0.4) is 0 Å². The zero-order valence-corrected chi connectivity index (χ0v) is 65.0. The first kappa shape index (κ1) is 54.1. The molecule has 2 spiro atoms. The van der Waals surface area contributed by atoms with Gasteiger partial charge in [-0.2, -0.15) is 0 Å². The number of aromatic nitrogens is 8. The summed E-state index contributed by atoms with van der Waals surface area (Å²) in [5.41, 5.74) is 15.9. The molecular weight excluding hydrogens is 1470 g/mol. The van der Waals surface area contributed by atoms with Gasteiger partial charge in [-0.25, -0.2) is 9.97 Å². The van der Waals surface area contributed by atoms with Crippen molar-refractivity contribution in [2.24, 2.45) is 0 Å². The van der Waals surface area contributed by atoms with Crippen molar-refractivity contribution < 1.29 is 17.1 Å². The fraction of sp³-hybridized carbons (Fsp3) is 0.159. The maximum absolute atomic E-state index is 5.95. The van der Waals surface area contributed by atoms with Crippen molar-refractivity contribution in [3.63, 3.8) is 0 Å². The zero-order valence-electron chi connectivity index (χ0n) is 64.0. The van der Waals surface area contributed by atoms with Crippen molar-refractivity contribution in [1.29, 1.82) is 0 Å². The fourth-order valence-electron chi connectivity index (χ4n) is 33.2. The molecule has 529 valence electrons. The van der Waals surface area contributed by atoms with Crippen LogP contribution in [0.2, 0.25) is 0 Å². The summed E-state index contributed by atoms with van der Waals surface area (Å²) in [5, 5.41) is 91.0. The van der Waals surface area contributed by atoms with Gasteiger partial charge in [-0.3, -0.25) is 4.90 Å². The normalized spacial score (nSPS) is 19.7. The summed E-state index contributed by atoms with van der Waals surface area (Å²) < 4.78 is 0. The standard InChI is InChI=1S/C107H45N9.Cu/c1-103(2,3)25-18-20-27-31(22-25)100-109-95-26-19-17-24(21-30(26)99(108-95)111-97-28-13-11-15-32(104(4,5)6)34(28)102(113-97)115-98-29-14-12-16-33(105(7,8)9)35(29)101(114-98)112-96(27)110-100)94-107-92-85-77-65-57-48-39-37-36-38-42(39)51-58-56-47(38)49-45-40(36)43-44-41(37)46-50(48)63(65)71-69-55(46)53(44)61-60-52(43)54(45)68-70-62(49)64(56)76-78-66(58)67(59(51)57)79(77)88(92)87(78)90-83(76)81(70)84-74(68)72(60)80-73(61)75(69)86(82(71)85)93(107)89(80)91(84)106(90,107)23-116(94)10;/h11-22,94H,23H2,1-10H3;/q-2;+2. The van der Waals surface area contributed by atoms with Gasteiger partial charge in [0.2, 0.25) is 0 Å². The maximum Gasteiger partial charge on any atom is 2.00 e. The van der Waals surface area contributed by atoms with E-state index < -0.39 is 10.8 Å². The molecule has 3 aliphatic heterocycles. The summed E-state index contributed by atoms with van der Waals surface area (Å²) in [4.78, 5) is 48.6. The molecule has 3 aromatic heterocycles. The number of likely N-dealkylation sites (N-methyl/N-ethyl adjacent to an activating group) is 1. The molecule has 7 aliphatic rings. The molecule has 1 saturated heterocycles. The van der Waals surface area contributed by atoms with Gasteiger partial charge < -0.3 is 29.9 Å². The molecule has 0 amide bonds. The van der Waals surface area contributed by atoms with E-state index in [2.05, 4.69) is 147 Å². The molecule has 117 heavy (non-hydrogen) atoms. The van der Waals surface area contributed by atoms with Crippen molar-refractivity contribution in [1.82, 2.24) is 44.8 Å². The molecule has 1 radical (unpaired) electrons. The number of hydrogen-bond acceptors (Lipinski definition) is 7. The van der Waals surface area contributed by atoms with E-state index in [9.17, 15) is 0 Å². The molecular formula is C107H45CuN9. The van der Waals surface area contributed by atoms with Crippen molar-refractivity contribution >= 4 is 335 Å². The van der Waals surface area contributed by atoms with Crippen LogP contribution in [-0.2, 0) is 44.1 Å². The minimum absolute atomic E-state index is 0. The van der Waals surface area contributed by atoms with Crippen LogP contribution in [-0.4, -0.2) is 48.4 Å². The van der Waals surface area contributed by atoms with Crippen LogP contribution in [0.15, 0.2) is 72.8 Å². The zero-order chi connectivity index (χ0) is 73.5. The molecule has 35 aromatic rings. The average molecular weight is 1520 g/mol. The molecule has 0 N–H and O–H groups in total. The van der Waals surface area contributed by atoms with E-state index in [0.29, 0.717) is 45.9 Å². The smallest absolute Gasteiger partial charge is 0.357 e. The summed E-state index contributed by atoms with van der Waals surface area (Å²) in [6.07, 6.45) is 0. The third-order valence-electron chi connectivity index (χ3n) is 35.5. The largest absolute Gasteiger partial charge is 2.00 e. The van der Waals surface area contributed by atoms with Crippen molar-refractivity contribution in [3.8, 4) is 45.6 Å². The second-order valence-electron chi connectivity index (χ2n) is 42.0. The molecule has 9 nitrogen and oxygen atoms in total. The van der Waals surface area contributed by atoms with Gasteiger partial charge in [0.05, 0.1) is 34.1 Å². The molecule has 3 unspecified atom stereocenters. The third-order valence-corrected chi connectivity index (χ3v) is 35.5. The Morgan fingerprint density at radius 1 is 0.291 bits per heavy atom. The van der Waals surface area contributed by atoms with E-state index in [1.807, 2.05) is 0 Å². The molecule has 42 rings (SSSR count). The summed E-state index contributed by atoms with van der Waals surface area (Å²) >= 11 is 0. The number of benzene rings is 21. The monoisotopic (exact) mass is 1520 g/mol. The Morgan fingerprint density at radius 3 is 1.13 bits per heavy atom. The Bertz CT molecular complexity index is 11100. The number of nitrogens with zero attached hydrogens (tertiary/aromatic N) is 9. The Balaban J connectivity index is 0.00000594. The molecule has 8 bridgehead atoms. The molecule has 32 aromatic carbocycles. The van der Waals surface area contributed by atoms with Crippen LogP contribution in [0, 0.1) is 0 Å². The average Bonchev–Trinajstić information content (AvgIpc) is 1.38. The quantitative estimate of drug-likeness (QED) is 0.117. The summed E-state index contributed by atoms with van der Waals surface area (Å²) in [6.45, 7) is 21.4. The number of fused-ring (bicyclic) bond motifs is 20. The molecule has 6 heterocycles. The van der Waals surface area contributed by atoms with E-state index >= 15 is 0 Å². The molecule has 0 saturated carbocycles. The van der Waals surface area contributed by atoms with E-state index in [-0.39, 0.29) is 39.4 Å². The molecule has 3 atom stereocenters. The van der Waals surface area contributed by atoms with Crippen LogP contribution < -0.4 is 9.97 Å². The van der Waals surface area contributed by atoms with Crippen LogP contribution in [0.25, 0.3) is 381 Å². The topological polar surface area (TPSA) is 109 Å². The number of rotatable bonds is 1. The Morgan fingerprint density at radius 2 is 0.641 bits per heavy atom. The van der Waals surface area contributed by atoms with Crippen molar-refractivity contribution in [2.45, 2.75) is 95.4 Å². The van der Waals surface area contributed by atoms with E-state index in [0.717, 1.165) is 61.5 Å². The summed E-state index contributed by atoms with van der Waals surface area (Å²) in [5.74, 6) is 2.34. The van der Waals surface area contributed by atoms with Gasteiger partial charge in [0.25, 0.3) is 0 Å². The Kier molecular flexibility index (Phi) is 6.44. The Hall–Kier alpha value is -12.8. The van der Waals surface area contributed by atoms with Gasteiger partial charge in [-0.15, -0.1) is 0 Å². The second-order valence-corrected chi connectivity index (χ2v) is 42.0. The number of likely N-dealkylation sites (tertiary alicyclic amines) is 1. The number of hydrogen-bond donors (Lipinski definition) is 0. The Labute approximate surface area is 663 Å². The van der Waals surface area contributed by atoms with Gasteiger partial charge in [0.1, 0.15) is 0 Å². The van der Waals surface area contributed by atoms with E-state index in [4.69, 9.17) is 39.9 Å². The van der Waals surface area contributed by atoms with E-state index in [1.165, 1.54) is 11.1 Å².